The molecule has 1 saturated heterocycles. The summed E-state index contributed by atoms with van der Waals surface area (Å²) >= 11 is 0. The zero-order valence-corrected chi connectivity index (χ0v) is 14.8. The van der Waals surface area contributed by atoms with Gasteiger partial charge < -0.3 is 10.2 Å². The van der Waals surface area contributed by atoms with E-state index in [0.717, 1.165) is 56.6 Å². The number of likely N-dealkylation sites (tertiary alicyclic amines) is 1. The summed E-state index contributed by atoms with van der Waals surface area (Å²) < 4.78 is 0. The average molecular weight is 338 g/mol. The molecule has 2 unspecified atom stereocenters. The van der Waals surface area contributed by atoms with Gasteiger partial charge in [-0.2, -0.15) is 5.10 Å². The lowest BCUT2D eigenvalue weighted by atomic mass is 9.87. The Morgan fingerprint density at radius 2 is 2.20 bits per heavy atom. The Labute approximate surface area is 148 Å². The van der Waals surface area contributed by atoms with E-state index in [-0.39, 0.29) is 11.9 Å². The molecule has 2 aliphatic heterocycles. The summed E-state index contributed by atoms with van der Waals surface area (Å²) in [6.07, 6.45) is 4.11. The summed E-state index contributed by atoms with van der Waals surface area (Å²) in [4.78, 5) is 15.3. The van der Waals surface area contributed by atoms with Crippen LogP contribution in [-0.2, 0) is 13.0 Å². The third-order valence-corrected chi connectivity index (χ3v) is 5.70. The van der Waals surface area contributed by atoms with Crippen molar-refractivity contribution in [2.75, 3.05) is 13.1 Å². The Morgan fingerprint density at radius 3 is 3.00 bits per heavy atom. The fourth-order valence-electron chi connectivity index (χ4n) is 4.43. The number of carbonyl (C=O) groups is 1. The van der Waals surface area contributed by atoms with Gasteiger partial charge in [0, 0.05) is 49.3 Å². The quantitative estimate of drug-likeness (QED) is 0.901. The molecule has 2 N–H and O–H groups in total. The number of nitrogens with zero attached hydrogens (tertiary/aromatic N) is 2. The van der Waals surface area contributed by atoms with E-state index in [1.54, 1.807) is 0 Å². The minimum Gasteiger partial charge on any atom is -0.334 e. The molecular weight excluding hydrogens is 312 g/mol. The molecule has 25 heavy (non-hydrogen) atoms. The van der Waals surface area contributed by atoms with E-state index < -0.39 is 0 Å². The van der Waals surface area contributed by atoms with E-state index in [4.69, 9.17) is 0 Å². The molecule has 3 heterocycles. The average Bonchev–Trinajstić information content (AvgIpc) is 3.30. The Kier molecular flexibility index (Phi) is 4.57. The Bertz CT molecular complexity index is 739. The summed E-state index contributed by atoms with van der Waals surface area (Å²) in [7, 11) is 0. The van der Waals surface area contributed by atoms with Gasteiger partial charge in [0.05, 0.1) is 0 Å². The van der Waals surface area contributed by atoms with Gasteiger partial charge in [-0.25, -0.2) is 0 Å². The topological polar surface area (TPSA) is 61.0 Å². The van der Waals surface area contributed by atoms with Crippen LogP contribution in [0.25, 0.3) is 0 Å². The zero-order valence-electron chi connectivity index (χ0n) is 14.8. The first-order valence-electron chi connectivity index (χ1n) is 9.42. The number of aromatic nitrogens is 2. The molecule has 0 spiro atoms. The molecule has 2 aliphatic rings. The first-order chi connectivity index (χ1) is 12.3. The number of nitrogens with one attached hydrogen (secondary N) is 2. The van der Waals surface area contributed by atoms with E-state index in [2.05, 4.69) is 57.7 Å². The number of rotatable bonds is 4. The normalized spacial score (nSPS) is 21.2. The number of benzene rings is 1. The summed E-state index contributed by atoms with van der Waals surface area (Å²) in [6.45, 7) is 4.74. The van der Waals surface area contributed by atoms with Crippen molar-refractivity contribution >= 4 is 5.91 Å². The maximum absolute atomic E-state index is 13.3. The summed E-state index contributed by atoms with van der Waals surface area (Å²) in [6, 6.07) is 10.9. The molecule has 0 saturated carbocycles. The highest BCUT2D eigenvalue weighted by molar-refractivity contribution is 5.94. The van der Waals surface area contributed by atoms with Crippen molar-refractivity contribution in [3.63, 3.8) is 0 Å². The van der Waals surface area contributed by atoms with Crippen LogP contribution in [0.5, 0.6) is 0 Å². The van der Waals surface area contributed by atoms with Crippen molar-refractivity contribution in [2.24, 2.45) is 0 Å². The number of amides is 1. The van der Waals surface area contributed by atoms with Crippen LogP contribution in [0.1, 0.15) is 59.4 Å². The molecule has 2 aromatic rings. The van der Waals surface area contributed by atoms with Gasteiger partial charge in [-0.05, 0) is 24.8 Å². The second-order valence-corrected chi connectivity index (χ2v) is 7.09. The summed E-state index contributed by atoms with van der Waals surface area (Å²) in [5.74, 6) is 0.485. The highest BCUT2D eigenvalue weighted by Crippen LogP contribution is 2.34. The van der Waals surface area contributed by atoms with Crippen LogP contribution in [0.3, 0.4) is 0 Å². The van der Waals surface area contributed by atoms with Gasteiger partial charge in [-0.1, -0.05) is 37.3 Å². The van der Waals surface area contributed by atoms with Gasteiger partial charge in [0.2, 0.25) is 0 Å². The molecule has 0 aliphatic carbocycles. The summed E-state index contributed by atoms with van der Waals surface area (Å²) in [5, 5.41) is 10.8. The molecule has 1 fully saturated rings. The minimum atomic E-state index is 0.0954. The molecule has 1 aromatic heterocycles. The summed E-state index contributed by atoms with van der Waals surface area (Å²) in [5.41, 5.74) is 4.14. The Hall–Kier alpha value is -2.14. The fourth-order valence-corrected chi connectivity index (χ4v) is 4.43. The van der Waals surface area contributed by atoms with Crippen LogP contribution in [0.4, 0.5) is 0 Å². The Balaban J connectivity index is 1.61. The fraction of sp³-hybridized carbons (Fsp3) is 0.500. The number of carbonyl (C=O) groups excluding carboxylic acids is 1. The van der Waals surface area contributed by atoms with Gasteiger partial charge in [-0.3, -0.25) is 9.89 Å². The molecule has 0 bridgehead atoms. The van der Waals surface area contributed by atoms with Gasteiger partial charge in [0.1, 0.15) is 0 Å². The standard InChI is InChI=1S/C20H26N4O/c1-2-15(14-7-4-3-5-8-14)18-9-6-12-24(18)20(25)19-16-13-21-11-10-17(16)22-23-19/h3-5,7-8,15,18,21H,2,6,9-13H2,1H3,(H,22,23). The lowest BCUT2D eigenvalue weighted by Crippen LogP contribution is -2.40. The molecule has 1 amide bonds. The van der Waals surface area contributed by atoms with Gasteiger partial charge in [0.25, 0.3) is 5.91 Å². The lowest BCUT2D eigenvalue weighted by Gasteiger charge is -2.31. The van der Waals surface area contributed by atoms with E-state index in [1.807, 2.05) is 0 Å². The van der Waals surface area contributed by atoms with E-state index >= 15 is 0 Å². The van der Waals surface area contributed by atoms with E-state index in [9.17, 15) is 4.79 Å². The maximum atomic E-state index is 13.3. The highest BCUT2D eigenvalue weighted by Gasteiger charge is 2.37. The monoisotopic (exact) mass is 338 g/mol. The van der Waals surface area contributed by atoms with Crippen molar-refractivity contribution in [1.82, 2.24) is 20.4 Å². The van der Waals surface area contributed by atoms with Crippen LogP contribution in [-0.4, -0.2) is 40.1 Å². The van der Waals surface area contributed by atoms with Crippen LogP contribution in [0, 0.1) is 0 Å². The first-order valence-corrected chi connectivity index (χ1v) is 9.42. The predicted octanol–water partition coefficient (Wildman–Crippen LogP) is 2.85. The SMILES string of the molecule is CCC(c1ccccc1)C1CCCN1C(=O)c1n[nH]c2c1CNCC2. The second kappa shape index (κ2) is 7.00. The van der Waals surface area contributed by atoms with Crippen LogP contribution in [0.15, 0.2) is 30.3 Å². The third-order valence-electron chi connectivity index (χ3n) is 5.70. The Morgan fingerprint density at radius 1 is 1.36 bits per heavy atom. The third kappa shape index (κ3) is 2.97. The first kappa shape index (κ1) is 16.3. The van der Waals surface area contributed by atoms with Crippen molar-refractivity contribution in [3.8, 4) is 0 Å². The van der Waals surface area contributed by atoms with Crippen LogP contribution < -0.4 is 5.32 Å². The molecule has 1 aromatic carbocycles. The van der Waals surface area contributed by atoms with Gasteiger partial charge in [-0.15, -0.1) is 0 Å². The number of hydrogen-bond acceptors (Lipinski definition) is 3. The van der Waals surface area contributed by atoms with Gasteiger partial charge >= 0.3 is 0 Å². The van der Waals surface area contributed by atoms with Crippen molar-refractivity contribution in [3.05, 3.63) is 52.8 Å². The number of fused-ring (bicyclic) bond motifs is 1. The van der Waals surface area contributed by atoms with E-state index in [1.165, 1.54) is 5.56 Å². The van der Waals surface area contributed by atoms with Crippen molar-refractivity contribution in [2.45, 2.75) is 51.1 Å². The van der Waals surface area contributed by atoms with Crippen LogP contribution in [0.2, 0.25) is 0 Å². The van der Waals surface area contributed by atoms with Crippen molar-refractivity contribution < 1.29 is 4.79 Å². The smallest absolute Gasteiger partial charge is 0.274 e. The molecule has 4 rings (SSSR count). The van der Waals surface area contributed by atoms with Crippen molar-refractivity contribution in [1.29, 1.82) is 0 Å². The second-order valence-electron chi connectivity index (χ2n) is 7.09. The highest BCUT2D eigenvalue weighted by atomic mass is 16.2. The van der Waals surface area contributed by atoms with Crippen LogP contribution >= 0.6 is 0 Å². The van der Waals surface area contributed by atoms with Gasteiger partial charge in [0.15, 0.2) is 5.69 Å². The molecule has 0 radical (unpaired) electrons. The lowest BCUT2D eigenvalue weighted by molar-refractivity contribution is 0.0707. The minimum absolute atomic E-state index is 0.0954. The number of H-pyrrole nitrogens is 1. The maximum Gasteiger partial charge on any atom is 0.274 e. The largest absolute Gasteiger partial charge is 0.334 e. The zero-order chi connectivity index (χ0) is 17.2. The molecule has 132 valence electrons. The molecule has 5 nitrogen and oxygen atoms in total. The number of aromatic amines is 1. The molecular formula is C20H26N4O. The molecule has 2 atom stereocenters. The van der Waals surface area contributed by atoms with E-state index in [0.29, 0.717) is 11.6 Å². The molecule has 5 heteroatoms. The predicted molar refractivity (Wildman–Crippen MR) is 97.5 cm³/mol. The number of hydrogen-bond donors (Lipinski definition) is 2.